The first-order valence-electron chi connectivity index (χ1n) is 8.91. The molecule has 2 heterocycles. The Balaban J connectivity index is 1.69. The monoisotopic (exact) mass is 286 g/mol. The number of benzene rings is 1. The van der Waals surface area contributed by atoms with Crippen LogP contribution in [0.25, 0.3) is 0 Å². The lowest BCUT2D eigenvalue weighted by Gasteiger charge is -2.40. The number of hydrogen-bond acceptors (Lipinski definition) is 2. The van der Waals surface area contributed by atoms with Gasteiger partial charge in [-0.05, 0) is 56.7 Å². The second kappa shape index (κ2) is 7.42. The average Bonchev–Trinajstić information content (AvgIpc) is 3.08. The van der Waals surface area contributed by atoms with Gasteiger partial charge >= 0.3 is 0 Å². The highest BCUT2D eigenvalue weighted by Gasteiger charge is 2.31. The van der Waals surface area contributed by atoms with Crippen LogP contribution in [0.5, 0.6) is 0 Å². The normalized spacial score (nSPS) is 28.6. The lowest BCUT2D eigenvalue weighted by atomic mass is 9.87. The highest BCUT2D eigenvalue weighted by Crippen LogP contribution is 2.32. The molecule has 0 aliphatic carbocycles. The first-order valence-corrected chi connectivity index (χ1v) is 8.91. The van der Waals surface area contributed by atoms with Gasteiger partial charge in [-0.25, -0.2) is 0 Å². The summed E-state index contributed by atoms with van der Waals surface area (Å²) in [6.07, 6.45) is 8.11. The molecule has 1 aromatic rings. The second-order valence-corrected chi connectivity index (χ2v) is 6.82. The van der Waals surface area contributed by atoms with Crippen LogP contribution in [0.2, 0.25) is 0 Å². The van der Waals surface area contributed by atoms with E-state index in [0.717, 1.165) is 12.0 Å². The zero-order valence-corrected chi connectivity index (χ0v) is 13.4. The van der Waals surface area contributed by atoms with Gasteiger partial charge in [-0.2, -0.15) is 0 Å². The molecule has 0 bridgehead atoms. The number of rotatable bonds is 5. The standard InChI is InChI=1S/C19H30N2/c1-2-8-19(16-9-4-3-5-10-16)21-14-7-11-17(15-21)18-12-6-13-20-18/h3-5,9-10,17-20H,2,6-8,11-15H2,1H3. The molecule has 2 nitrogen and oxygen atoms in total. The molecule has 21 heavy (non-hydrogen) atoms. The molecule has 2 heteroatoms. The maximum atomic E-state index is 3.73. The van der Waals surface area contributed by atoms with Crippen LogP contribution in [0.1, 0.15) is 57.1 Å². The van der Waals surface area contributed by atoms with Gasteiger partial charge in [0.15, 0.2) is 0 Å². The largest absolute Gasteiger partial charge is 0.314 e. The van der Waals surface area contributed by atoms with Crippen LogP contribution in [-0.2, 0) is 0 Å². The van der Waals surface area contributed by atoms with E-state index in [0.29, 0.717) is 6.04 Å². The molecule has 116 valence electrons. The fourth-order valence-corrected chi connectivity index (χ4v) is 4.27. The summed E-state index contributed by atoms with van der Waals surface area (Å²) in [5.74, 6) is 0.865. The summed E-state index contributed by atoms with van der Waals surface area (Å²) < 4.78 is 0. The van der Waals surface area contributed by atoms with Crippen LogP contribution in [0.15, 0.2) is 30.3 Å². The van der Waals surface area contributed by atoms with Gasteiger partial charge in [0.1, 0.15) is 0 Å². The van der Waals surface area contributed by atoms with Crippen molar-refractivity contribution in [2.45, 2.75) is 57.5 Å². The van der Waals surface area contributed by atoms with Gasteiger partial charge in [-0.3, -0.25) is 4.90 Å². The minimum atomic E-state index is 0.625. The third-order valence-corrected chi connectivity index (χ3v) is 5.34. The van der Waals surface area contributed by atoms with Crippen molar-refractivity contribution < 1.29 is 0 Å². The smallest absolute Gasteiger partial charge is 0.0348 e. The van der Waals surface area contributed by atoms with E-state index < -0.39 is 0 Å². The molecule has 3 atom stereocenters. The zero-order chi connectivity index (χ0) is 14.5. The lowest BCUT2D eigenvalue weighted by molar-refractivity contribution is 0.101. The van der Waals surface area contributed by atoms with E-state index >= 15 is 0 Å². The van der Waals surface area contributed by atoms with Gasteiger partial charge in [0, 0.05) is 18.6 Å². The Kier molecular flexibility index (Phi) is 5.32. The molecule has 2 fully saturated rings. The molecule has 0 saturated carbocycles. The Morgan fingerprint density at radius 3 is 2.76 bits per heavy atom. The van der Waals surface area contributed by atoms with Crippen molar-refractivity contribution in [1.29, 1.82) is 0 Å². The summed E-state index contributed by atoms with van der Waals surface area (Å²) in [6, 6.07) is 12.6. The van der Waals surface area contributed by atoms with Gasteiger partial charge in [0.2, 0.25) is 0 Å². The van der Waals surface area contributed by atoms with Gasteiger partial charge in [-0.1, -0.05) is 43.7 Å². The molecule has 0 radical (unpaired) electrons. The second-order valence-electron chi connectivity index (χ2n) is 6.82. The van der Waals surface area contributed by atoms with Gasteiger partial charge in [0.25, 0.3) is 0 Å². The summed E-state index contributed by atoms with van der Waals surface area (Å²) in [5, 5.41) is 3.73. The van der Waals surface area contributed by atoms with Crippen LogP contribution in [0, 0.1) is 5.92 Å². The number of nitrogens with zero attached hydrogens (tertiary/aromatic N) is 1. The van der Waals surface area contributed by atoms with Crippen molar-refractivity contribution in [2.75, 3.05) is 19.6 Å². The van der Waals surface area contributed by atoms with E-state index in [-0.39, 0.29) is 0 Å². The summed E-state index contributed by atoms with van der Waals surface area (Å²) in [5.41, 5.74) is 1.51. The van der Waals surface area contributed by atoms with Crippen molar-refractivity contribution in [3.05, 3.63) is 35.9 Å². The predicted octanol–water partition coefficient (Wildman–Crippen LogP) is 3.99. The van der Waals surface area contributed by atoms with Crippen LogP contribution in [0.3, 0.4) is 0 Å². The number of likely N-dealkylation sites (tertiary alicyclic amines) is 1. The van der Waals surface area contributed by atoms with Crippen LogP contribution >= 0.6 is 0 Å². The topological polar surface area (TPSA) is 15.3 Å². The third kappa shape index (κ3) is 3.67. The lowest BCUT2D eigenvalue weighted by Crippen LogP contribution is -2.44. The maximum absolute atomic E-state index is 3.73. The molecule has 3 unspecified atom stereocenters. The molecule has 2 aliphatic heterocycles. The molecule has 0 spiro atoms. The summed E-state index contributed by atoms with van der Waals surface area (Å²) in [7, 11) is 0. The van der Waals surface area contributed by atoms with Gasteiger partial charge in [-0.15, -0.1) is 0 Å². The molecule has 1 aromatic carbocycles. The Morgan fingerprint density at radius 2 is 2.05 bits per heavy atom. The Bertz CT molecular complexity index is 411. The van der Waals surface area contributed by atoms with E-state index in [1.54, 1.807) is 0 Å². The highest BCUT2D eigenvalue weighted by atomic mass is 15.2. The molecule has 1 N–H and O–H groups in total. The van der Waals surface area contributed by atoms with E-state index in [4.69, 9.17) is 0 Å². The van der Waals surface area contributed by atoms with Crippen LogP contribution < -0.4 is 5.32 Å². The Labute approximate surface area is 129 Å². The van der Waals surface area contributed by atoms with Crippen molar-refractivity contribution >= 4 is 0 Å². The average molecular weight is 286 g/mol. The maximum Gasteiger partial charge on any atom is 0.0348 e. The zero-order valence-electron chi connectivity index (χ0n) is 13.4. The van der Waals surface area contributed by atoms with E-state index in [9.17, 15) is 0 Å². The fraction of sp³-hybridized carbons (Fsp3) is 0.684. The minimum absolute atomic E-state index is 0.625. The number of piperidine rings is 1. The minimum Gasteiger partial charge on any atom is -0.314 e. The molecular weight excluding hydrogens is 256 g/mol. The number of nitrogens with one attached hydrogen (secondary N) is 1. The van der Waals surface area contributed by atoms with Crippen molar-refractivity contribution in [3.63, 3.8) is 0 Å². The van der Waals surface area contributed by atoms with Crippen molar-refractivity contribution in [2.24, 2.45) is 5.92 Å². The van der Waals surface area contributed by atoms with Crippen molar-refractivity contribution in [1.82, 2.24) is 10.2 Å². The van der Waals surface area contributed by atoms with E-state index in [2.05, 4.69) is 47.5 Å². The molecule has 2 saturated heterocycles. The number of hydrogen-bond donors (Lipinski definition) is 1. The summed E-state index contributed by atoms with van der Waals surface area (Å²) in [6.45, 7) is 6.12. The molecule has 0 amide bonds. The third-order valence-electron chi connectivity index (χ3n) is 5.34. The van der Waals surface area contributed by atoms with Gasteiger partial charge in [0.05, 0.1) is 0 Å². The van der Waals surface area contributed by atoms with Gasteiger partial charge < -0.3 is 5.32 Å². The molecular formula is C19H30N2. The Hall–Kier alpha value is -0.860. The highest BCUT2D eigenvalue weighted by molar-refractivity contribution is 5.19. The molecule has 2 aliphatic rings. The molecule has 0 aromatic heterocycles. The summed E-state index contributed by atoms with van der Waals surface area (Å²) >= 11 is 0. The van der Waals surface area contributed by atoms with Crippen LogP contribution in [0.4, 0.5) is 0 Å². The fourth-order valence-electron chi connectivity index (χ4n) is 4.27. The Morgan fingerprint density at radius 1 is 1.19 bits per heavy atom. The van der Waals surface area contributed by atoms with Crippen LogP contribution in [-0.4, -0.2) is 30.6 Å². The summed E-state index contributed by atoms with van der Waals surface area (Å²) in [4.78, 5) is 2.77. The first kappa shape index (κ1) is 15.1. The van der Waals surface area contributed by atoms with Crippen molar-refractivity contribution in [3.8, 4) is 0 Å². The predicted molar refractivity (Wildman–Crippen MR) is 89.4 cm³/mol. The molecule has 3 rings (SSSR count). The van der Waals surface area contributed by atoms with E-state index in [1.807, 2.05) is 0 Å². The SMILES string of the molecule is CCCC(c1ccccc1)N1CCCC(C2CCCN2)C1. The quantitative estimate of drug-likeness (QED) is 0.880. The van der Waals surface area contributed by atoms with E-state index in [1.165, 1.54) is 63.7 Å². The first-order chi connectivity index (χ1) is 10.4.